The molecule has 100 valence electrons. The number of nitrogens with zero attached hydrogens (tertiary/aromatic N) is 1. The molecule has 3 heteroatoms. The highest BCUT2D eigenvalue weighted by atomic mass is 16.2. The fraction of sp³-hybridized carbons (Fsp3) is 0.929. The molecule has 1 amide bonds. The smallest absolute Gasteiger partial charge is 0.226 e. The van der Waals surface area contributed by atoms with Crippen LogP contribution in [0.1, 0.15) is 52.9 Å². The quantitative estimate of drug-likeness (QED) is 0.802. The van der Waals surface area contributed by atoms with Crippen LogP contribution in [0.25, 0.3) is 0 Å². The molecule has 0 aliphatic carbocycles. The third kappa shape index (κ3) is 3.70. The molecule has 3 nitrogen and oxygen atoms in total. The fourth-order valence-electron chi connectivity index (χ4n) is 2.57. The summed E-state index contributed by atoms with van der Waals surface area (Å²) < 4.78 is 0. The monoisotopic (exact) mass is 240 g/mol. The highest BCUT2D eigenvalue weighted by molar-refractivity contribution is 5.79. The van der Waals surface area contributed by atoms with Crippen molar-refractivity contribution >= 4 is 5.91 Å². The predicted molar refractivity (Wildman–Crippen MR) is 71.7 cm³/mol. The molecule has 1 atom stereocenters. The van der Waals surface area contributed by atoms with Gasteiger partial charge in [-0.05, 0) is 24.7 Å². The van der Waals surface area contributed by atoms with Gasteiger partial charge in [-0.25, -0.2) is 0 Å². The number of piperidine rings is 1. The normalized spacial score (nSPS) is 21.3. The van der Waals surface area contributed by atoms with E-state index in [0.717, 1.165) is 38.8 Å². The maximum atomic E-state index is 12.3. The van der Waals surface area contributed by atoms with Crippen LogP contribution in [-0.2, 0) is 4.79 Å². The van der Waals surface area contributed by atoms with Gasteiger partial charge in [0.1, 0.15) is 0 Å². The van der Waals surface area contributed by atoms with Crippen LogP contribution in [0.5, 0.6) is 0 Å². The third-order valence-corrected chi connectivity index (χ3v) is 4.41. The first kappa shape index (κ1) is 14.5. The summed E-state index contributed by atoms with van der Waals surface area (Å²) in [5.74, 6) is 0.332. The summed E-state index contributed by atoms with van der Waals surface area (Å²) in [6.07, 6.45) is 5.45. The zero-order valence-corrected chi connectivity index (χ0v) is 11.7. The van der Waals surface area contributed by atoms with Crippen molar-refractivity contribution in [2.75, 3.05) is 19.6 Å². The van der Waals surface area contributed by atoms with Crippen molar-refractivity contribution < 1.29 is 4.79 Å². The van der Waals surface area contributed by atoms with E-state index < -0.39 is 0 Å². The van der Waals surface area contributed by atoms with E-state index in [1.54, 1.807) is 0 Å². The predicted octanol–water partition coefficient (Wildman–Crippen LogP) is 2.40. The Hall–Kier alpha value is -0.570. The van der Waals surface area contributed by atoms with Crippen LogP contribution in [0.4, 0.5) is 0 Å². The Balaban J connectivity index is 2.50. The molecule has 1 heterocycles. The Morgan fingerprint density at radius 1 is 1.35 bits per heavy atom. The van der Waals surface area contributed by atoms with E-state index >= 15 is 0 Å². The number of likely N-dealkylation sites (tertiary alicyclic amines) is 1. The number of hydrogen-bond acceptors (Lipinski definition) is 2. The number of carbonyl (C=O) groups is 1. The van der Waals surface area contributed by atoms with Gasteiger partial charge in [-0.2, -0.15) is 0 Å². The van der Waals surface area contributed by atoms with Crippen LogP contribution in [0, 0.1) is 11.3 Å². The van der Waals surface area contributed by atoms with E-state index in [1.807, 2.05) is 4.90 Å². The van der Waals surface area contributed by atoms with Gasteiger partial charge in [0.05, 0.1) is 5.92 Å². The van der Waals surface area contributed by atoms with Crippen molar-refractivity contribution in [1.82, 2.24) is 4.90 Å². The molecule has 0 spiro atoms. The van der Waals surface area contributed by atoms with Crippen LogP contribution in [0.15, 0.2) is 0 Å². The maximum Gasteiger partial charge on any atom is 0.226 e. The number of carbonyl (C=O) groups excluding carboxylic acids is 1. The third-order valence-electron chi connectivity index (χ3n) is 4.41. The Bertz CT molecular complexity index is 245. The van der Waals surface area contributed by atoms with E-state index in [4.69, 9.17) is 5.73 Å². The summed E-state index contributed by atoms with van der Waals surface area (Å²) in [7, 11) is 0. The molecule has 0 aromatic carbocycles. The summed E-state index contributed by atoms with van der Waals surface area (Å²) in [6, 6.07) is 0. The number of nitrogens with two attached hydrogens (primary N) is 1. The topological polar surface area (TPSA) is 46.3 Å². The van der Waals surface area contributed by atoms with Crippen molar-refractivity contribution in [3.63, 3.8) is 0 Å². The second kappa shape index (κ2) is 6.39. The highest BCUT2D eigenvalue weighted by Gasteiger charge is 2.32. The minimum absolute atomic E-state index is 0.0472. The number of amides is 1. The molecular weight excluding hydrogens is 212 g/mol. The summed E-state index contributed by atoms with van der Waals surface area (Å²) in [5.41, 5.74) is 6.14. The summed E-state index contributed by atoms with van der Waals surface area (Å²) in [4.78, 5) is 14.3. The first-order chi connectivity index (χ1) is 8.06. The van der Waals surface area contributed by atoms with E-state index in [0.29, 0.717) is 12.0 Å². The molecule has 1 unspecified atom stereocenters. The standard InChI is InChI=1S/C14H28N2O/c1-4-6-12(11-15)13(17)16-9-7-14(3,5-2)8-10-16/h12H,4-11,15H2,1-3H3. The van der Waals surface area contributed by atoms with Crippen LogP contribution in [-0.4, -0.2) is 30.4 Å². The van der Waals surface area contributed by atoms with Crippen molar-refractivity contribution in [2.45, 2.75) is 52.9 Å². The van der Waals surface area contributed by atoms with Gasteiger partial charge < -0.3 is 10.6 Å². The Kier molecular flexibility index (Phi) is 5.44. The van der Waals surface area contributed by atoms with Gasteiger partial charge in [-0.3, -0.25) is 4.79 Å². The Morgan fingerprint density at radius 3 is 2.35 bits per heavy atom. The average molecular weight is 240 g/mol. The molecule has 0 radical (unpaired) electrons. The van der Waals surface area contributed by atoms with Gasteiger partial charge in [0.2, 0.25) is 5.91 Å². The van der Waals surface area contributed by atoms with E-state index in [-0.39, 0.29) is 11.8 Å². The average Bonchev–Trinajstić information content (AvgIpc) is 2.36. The van der Waals surface area contributed by atoms with Gasteiger partial charge in [0.15, 0.2) is 0 Å². The molecule has 2 N–H and O–H groups in total. The van der Waals surface area contributed by atoms with E-state index in [9.17, 15) is 4.79 Å². The largest absolute Gasteiger partial charge is 0.342 e. The van der Waals surface area contributed by atoms with Gasteiger partial charge in [-0.1, -0.05) is 33.6 Å². The van der Waals surface area contributed by atoms with Crippen molar-refractivity contribution in [1.29, 1.82) is 0 Å². The van der Waals surface area contributed by atoms with Crippen LogP contribution < -0.4 is 5.73 Å². The molecule has 0 saturated carbocycles. The van der Waals surface area contributed by atoms with Gasteiger partial charge >= 0.3 is 0 Å². The van der Waals surface area contributed by atoms with Gasteiger partial charge in [0, 0.05) is 19.6 Å². The van der Waals surface area contributed by atoms with Crippen LogP contribution in [0.2, 0.25) is 0 Å². The number of rotatable bonds is 5. The second-order valence-electron chi connectivity index (χ2n) is 5.71. The van der Waals surface area contributed by atoms with Crippen molar-refractivity contribution in [2.24, 2.45) is 17.1 Å². The zero-order chi connectivity index (χ0) is 12.9. The minimum Gasteiger partial charge on any atom is -0.342 e. The highest BCUT2D eigenvalue weighted by Crippen LogP contribution is 2.34. The van der Waals surface area contributed by atoms with E-state index in [2.05, 4.69) is 20.8 Å². The molecule has 1 aliphatic rings. The van der Waals surface area contributed by atoms with Crippen molar-refractivity contribution in [3.8, 4) is 0 Å². The van der Waals surface area contributed by atoms with Crippen LogP contribution in [0.3, 0.4) is 0 Å². The molecule has 1 aliphatic heterocycles. The van der Waals surface area contributed by atoms with Crippen molar-refractivity contribution in [3.05, 3.63) is 0 Å². The lowest BCUT2D eigenvalue weighted by Crippen LogP contribution is -2.45. The lowest BCUT2D eigenvalue weighted by atomic mass is 9.78. The Labute approximate surface area is 106 Å². The Morgan fingerprint density at radius 2 is 1.94 bits per heavy atom. The zero-order valence-electron chi connectivity index (χ0n) is 11.7. The minimum atomic E-state index is 0.0472. The summed E-state index contributed by atoms with van der Waals surface area (Å²) in [5, 5.41) is 0. The molecule has 1 saturated heterocycles. The van der Waals surface area contributed by atoms with Crippen LogP contribution >= 0.6 is 0 Å². The first-order valence-electron chi connectivity index (χ1n) is 7.05. The molecule has 0 aromatic heterocycles. The lowest BCUT2D eigenvalue weighted by Gasteiger charge is -2.40. The van der Waals surface area contributed by atoms with E-state index in [1.165, 1.54) is 6.42 Å². The molecule has 17 heavy (non-hydrogen) atoms. The maximum absolute atomic E-state index is 12.3. The molecule has 1 fully saturated rings. The summed E-state index contributed by atoms with van der Waals surface area (Å²) >= 11 is 0. The van der Waals surface area contributed by atoms with Gasteiger partial charge in [-0.15, -0.1) is 0 Å². The molecule has 0 aromatic rings. The first-order valence-corrected chi connectivity index (χ1v) is 7.05. The SMILES string of the molecule is CCCC(CN)C(=O)N1CCC(C)(CC)CC1. The lowest BCUT2D eigenvalue weighted by molar-refractivity contribution is -0.137. The molecular formula is C14H28N2O. The molecule has 1 rings (SSSR count). The van der Waals surface area contributed by atoms with Gasteiger partial charge in [0.25, 0.3) is 0 Å². The fourth-order valence-corrected chi connectivity index (χ4v) is 2.57. The number of hydrogen-bond donors (Lipinski definition) is 1. The summed E-state index contributed by atoms with van der Waals surface area (Å²) in [6.45, 7) is 9.03. The second-order valence-corrected chi connectivity index (χ2v) is 5.71. The molecule has 0 bridgehead atoms.